The fraction of sp³-hybridized carbons (Fsp3) is 0.588. The van der Waals surface area contributed by atoms with Gasteiger partial charge in [0.05, 0.1) is 5.56 Å². The van der Waals surface area contributed by atoms with Crippen LogP contribution in [-0.2, 0) is 0 Å². The van der Waals surface area contributed by atoms with Gasteiger partial charge in [-0.1, -0.05) is 32.4 Å². The largest absolute Gasteiger partial charge is 0.385 e. The number of hydrogen-bond donors (Lipinski definition) is 2. The lowest BCUT2D eigenvalue weighted by molar-refractivity contribution is 0.0903. The predicted octanol–water partition coefficient (Wildman–Crippen LogP) is 3.82. The van der Waals surface area contributed by atoms with Crippen molar-refractivity contribution < 1.29 is 4.79 Å². The predicted molar refractivity (Wildman–Crippen MR) is 84.1 cm³/mol. The Balaban J connectivity index is 2.05. The fourth-order valence-corrected chi connectivity index (χ4v) is 3.11. The Hall–Kier alpha value is -1.51. The second-order valence-corrected chi connectivity index (χ2v) is 6.51. The minimum Gasteiger partial charge on any atom is -0.385 e. The van der Waals surface area contributed by atoms with Gasteiger partial charge < -0.3 is 10.6 Å². The molecule has 20 heavy (non-hydrogen) atoms. The molecule has 2 N–H and O–H groups in total. The zero-order valence-corrected chi connectivity index (χ0v) is 12.8. The number of anilines is 1. The molecule has 1 unspecified atom stereocenters. The van der Waals surface area contributed by atoms with Gasteiger partial charge in [0.15, 0.2) is 0 Å². The van der Waals surface area contributed by atoms with Crippen molar-refractivity contribution >= 4 is 11.6 Å². The van der Waals surface area contributed by atoms with Crippen molar-refractivity contribution in [1.82, 2.24) is 5.32 Å². The highest BCUT2D eigenvalue weighted by molar-refractivity contribution is 5.99. The first-order valence-electron chi connectivity index (χ1n) is 7.65. The molecule has 1 aromatic rings. The van der Waals surface area contributed by atoms with Crippen LogP contribution >= 0.6 is 0 Å². The molecule has 0 aliphatic heterocycles. The van der Waals surface area contributed by atoms with E-state index in [9.17, 15) is 4.79 Å². The minimum absolute atomic E-state index is 0.0456. The normalized spacial score (nSPS) is 21.2. The van der Waals surface area contributed by atoms with E-state index in [0.29, 0.717) is 11.5 Å². The molecule has 0 aromatic heterocycles. The van der Waals surface area contributed by atoms with Crippen molar-refractivity contribution in [1.29, 1.82) is 0 Å². The smallest absolute Gasteiger partial charge is 0.253 e. The van der Waals surface area contributed by atoms with Gasteiger partial charge >= 0.3 is 0 Å². The SMILES string of the molecule is CCNc1ccccc1C(=O)NC1CCCC(C)(C)C1. The zero-order chi connectivity index (χ0) is 14.6. The lowest BCUT2D eigenvalue weighted by Crippen LogP contribution is -2.40. The second-order valence-electron chi connectivity index (χ2n) is 6.51. The van der Waals surface area contributed by atoms with Crippen LogP contribution in [0.5, 0.6) is 0 Å². The monoisotopic (exact) mass is 274 g/mol. The summed E-state index contributed by atoms with van der Waals surface area (Å²) in [5.74, 6) is 0.0456. The van der Waals surface area contributed by atoms with Crippen LogP contribution in [0.2, 0.25) is 0 Å². The summed E-state index contributed by atoms with van der Waals surface area (Å²) < 4.78 is 0. The maximum Gasteiger partial charge on any atom is 0.253 e. The number of nitrogens with one attached hydrogen (secondary N) is 2. The molecule has 110 valence electrons. The van der Waals surface area contributed by atoms with E-state index in [1.165, 1.54) is 12.8 Å². The molecule has 1 saturated carbocycles. The Kier molecular flexibility index (Phi) is 4.69. The highest BCUT2D eigenvalue weighted by atomic mass is 16.1. The van der Waals surface area contributed by atoms with Crippen LogP contribution in [0.15, 0.2) is 24.3 Å². The first-order valence-corrected chi connectivity index (χ1v) is 7.65. The van der Waals surface area contributed by atoms with Gasteiger partial charge in [-0.2, -0.15) is 0 Å². The van der Waals surface area contributed by atoms with Crippen LogP contribution in [0.1, 0.15) is 56.8 Å². The van der Waals surface area contributed by atoms with Gasteiger partial charge in [0, 0.05) is 18.3 Å². The number of carbonyl (C=O) groups is 1. The van der Waals surface area contributed by atoms with Crippen molar-refractivity contribution in [2.75, 3.05) is 11.9 Å². The summed E-state index contributed by atoms with van der Waals surface area (Å²) in [6, 6.07) is 8.03. The number of carbonyl (C=O) groups excluding carboxylic acids is 1. The highest BCUT2D eigenvalue weighted by Crippen LogP contribution is 2.35. The van der Waals surface area contributed by atoms with E-state index in [1.54, 1.807) is 0 Å². The second kappa shape index (κ2) is 6.29. The quantitative estimate of drug-likeness (QED) is 0.876. The van der Waals surface area contributed by atoms with Gasteiger partial charge in [0.2, 0.25) is 0 Å². The first-order chi connectivity index (χ1) is 9.52. The topological polar surface area (TPSA) is 41.1 Å². The molecule has 1 aliphatic rings. The average Bonchev–Trinajstić information content (AvgIpc) is 2.38. The van der Waals surface area contributed by atoms with Crippen molar-refractivity contribution in [3.8, 4) is 0 Å². The molecule has 1 atom stereocenters. The summed E-state index contributed by atoms with van der Waals surface area (Å²) in [5.41, 5.74) is 2.01. The van der Waals surface area contributed by atoms with E-state index < -0.39 is 0 Å². The molecule has 1 aliphatic carbocycles. The summed E-state index contributed by atoms with van der Waals surface area (Å²) in [6.45, 7) is 7.44. The molecule has 3 nitrogen and oxygen atoms in total. The van der Waals surface area contributed by atoms with E-state index in [4.69, 9.17) is 0 Å². The van der Waals surface area contributed by atoms with Crippen molar-refractivity contribution in [2.24, 2.45) is 5.41 Å². The van der Waals surface area contributed by atoms with Crippen molar-refractivity contribution in [3.63, 3.8) is 0 Å². The fourth-order valence-electron chi connectivity index (χ4n) is 3.11. The zero-order valence-electron chi connectivity index (χ0n) is 12.8. The molecule has 0 saturated heterocycles. The van der Waals surface area contributed by atoms with Gasteiger partial charge in [-0.05, 0) is 43.7 Å². The van der Waals surface area contributed by atoms with E-state index in [1.807, 2.05) is 31.2 Å². The molecule has 1 fully saturated rings. The molecule has 2 rings (SSSR count). The Bertz CT molecular complexity index is 468. The molecule has 1 aromatic carbocycles. The lowest BCUT2D eigenvalue weighted by Gasteiger charge is -2.35. The third kappa shape index (κ3) is 3.75. The van der Waals surface area contributed by atoms with Gasteiger partial charge in [0.25, 0.3) is 5.91 Å². The number of rotatable bonds is 4. The number of para-hydroxylation sites is 1. The Morgan fingerprint density at radius 3 is 2.80 bits per heavy atom. The van der Waals surface area contributed by atoms with Gasteiger partial charge in [-0.25, -0.2) is 0 Å². The standard InChI is InChI=1S/C17H26N2O/c1-4-18-15-10-6-5-9-14(15)16(20)19-13-8-7-11-17(2,3)12-13/h5-6,9-10,13,18H,4,7-8,11-12H2,1-3H3,(H,19,20). The van der Waals surface area contributed by atoms with Crippen LogP contribution < -0.4 is 10.6 Å². The molecular formula is C17H26N2O. The third-order valence-corrected chi connectivity index (χ3v) is 4.08. The maximum atomic E-state index is 12.5. The molecule has 0 bridgehead atoms. The molecule has 3 heteroatoms. The van der Waals surface area contributed by atoms with Crippen LogP contribution in [-0.4, -0.2) is 18.5 Å². The van der Waals surface area contributed by atoms with Crippen LogP contribution in [0.25, 0.3) is 0 Å². The van der Waals surface area contributed by atoms with Crippen molar-refractivity contribution in [3.05, 3.63) is 29.8 Å². The molecule has 0 heterocycles. The van der Waals surface area contributed by atoms with Crippen LogP contribution in [0, 0.1) is 5.41 Å². The van der Waals surface area contributed by atoms with E-state index in [0.717, 1.165) is 30.6 Å². The van der Waals surface area contributed by atoms with Crippen LogP contribution in [0.4, 0.5) is 5.69 Å². The third-order valence-electron chi connectivity index (χ3n) is 4.08. The van der Waals surface area contributed by atoms with E-state index >= 15 is 0 Å². The van der Waals surface area contributed by atoms with E-state index in [-0.39, 0.29) is 5.91 Å². The summed E-state index contributed by atoms with van der Waals surface area (Å²) in [6.07, 6.45) is 4.63. The number of benzene rings is 1. The Labute approximate surface area is 122 Å². The molecular weight excluding hydrogens is 248 g/mol. The summed E-state index contributed by atoms with van der Waals surface area (Å²) in [4.78, 5) is 12.5. The maximum absolute atomic E-state index is 12.5. The number of hydrogen-bond acceptors (Lipinski definition) is 2. The summed E-state index contributed by atoms with van der Waals surface area (Å²) >= 11 is 0. The minimum atomic E-state index is 0.0456. The molecule has 1 amide bonds. The van der Waals surface area contributed by atoms with Crippen molar-refractivity contribution in [2.45, 2.75) is 52.5 Å². The average molecular weight is 274 g/mol. The highest BCUT2D eigenvalue weighted by Gasteiger charge is 2.29. The van der Waals surface area contributed by atoms with Gasteiger partial charge in [-0.3, -0.25) is 4.79 Å². The first kappa shape index (κ1) is 14.9. The van der Waals surface area contributed by atoms with Crippen LogP contribution in [0.3, 0.4) is 0 Å². The number of amides is 1. The van der Waals surface area contributed by atoms with E-state index in [2.05, 4.69) is 24.5 Å². The lowest BCUT2D eigenvalue weighted by atomic mass is 9.75. The van der Waals surface area contributed by atoms with Gasteiger partial charge in [-0.15, -0.1) is 0 Å². The molecule has 0 spiro atoms. The molecule has 0 radical (unpaired) electrons. The van der Waals surface area contributed by atoms with Gasteiger partial charge in [0.1, 0.15) is 0 Å². The summed E-state index contributed by atoms with van der Waals surface area (Å²) in [5, 5.41) is 6.46. The summed E-state index contributed by atoms with van der Waals surface area (Å²) in [7, 11) is 0. The Morgan fingerprint density at radius 1 is 1.35 bits per heavy atom. The Morgan fingerprint density at radius 2 is 2.10 bits per heavy atom.